The summed E-state index contributed by atoms with van der Waals surface area (Å²) in [4.78, 5) is 0. The topological polar surface area (TPSA) is 32.3 Å². The molecule has 2 nitrogen and oxygen atoms in total. The van der Waals surface area contributed by atoms with Gasteiger partial charge in [-0.25, -0.2) is 0 Å². The van der Waals surface area contributed by atoms with E-state index in [9.17, 15) is 0 Å². The number of nitrogens with one attached hydrogen (secondary N) is 1. The van der Waals surface area contributed by atoms with Crippen LogP contribution in [0, 0.1) is 11.8 Å². The first-order valence-electron chi connectivity index (χ1n) is 6.64. The molecule has 0 aliphatic heterocycles. The van der Waals surface area contributed by atoms with Crippen molar-refractivity contribution < 1.29 is 5.11 Å². The van der Waals surface area contributed by atoms with Gasteiger partial charge in [0.25, 0.3) is 0 Å². The van der Waals surface area contributed by atoms with Gasteiger partial charge in [-0.2, -0.15) is 0 Å². The van der Waals surface area contributed by atoms with Crippen molar-refractivity contribution in [2.45, 2.75) is 58.4 Å². The Morgan fingerprint density at radius 1 is 1.13 bits per heavy atom. The second-order valence-electron chi connectivity index (χ2n) is 4.99. The van der Waals surface area contributed by atoms with E-state index in [1.54, 1.807) is 0 Å². The summed E-state index contributed by atoms with van der Waals surface area (Å²) in [6.07, 6.45) is 7.50. The Kier molecular flexibility index (Phi) is 6.26. The lowest BCUT2D eigenvalue weighted by Crippen LogP contribution is -2.36. The highest BCUT2D eigenvalue weighted by Crippen LogP contribution is 2.23. The SMILES string of the molecule is CCC(CC)CNC1CCC(CO)CC1. The molecule has 0 saturated heterocycles. The van der Waals surface area contributed by atoms with Gasteiger partial charge in [0.15, 0.2) is 0 Å². The van der Waals surface area contributed by atoms with Gasteiger partial charge in [0, 0.05) is 12.6 Å². The smallest absolute Gasteiger partial charge is 0.0459 e. The number of hydrogen-bond acceptors (Lipinski definition) is 2. The van der Waals surface area contributed by atoms with E-state index in [-0.39, 0.29) is 0 Å². The normalized spacial score (nSPS) is 27.2. The van der Waals surface area contributed by atoms with Crippen molar-refractivity contribution in [1.82, 2.24) is 5.32 Å². The average Bonchev–Trinajstić information content (AvgIpc) is 2.31. The van der Waals surface area contributed by atoms with Crippen molar-refractivity contribution in [2.75, 3.05) is 13.2 Å². The minimum atomic E-state index is 0.388. The van der Waals surface area contributed by atoms with Crippen molar-refractivity contribution in [3.8, 4) is 0 Å². The van der Waals surface area contributed by atoms with Crippen LogP contribution in [-0.4, -0.2) is 24.3 Å². The number of hydrogen-bond donors (Lipinski definition) is 2. The predicted octanol–water partition coefficient (Wildman–Crippen LogP) is 2.56. The van der Waals surface area contributed by atoms with E-state index >= 15 is 0 Å². The fourth-order valence-electron chi connectivity index (χ4n) is 2.46. The third-order valence-electron chi connectivity index (χ3n) is 3.95. The Bertz CT molecular complexity index is 149. The van der Waals surface area contributed by atoms with Gasteiger partial charge in [0.1, 0.15) is 0 Å². The zero-order valence-electron chi connectivity index (χ0n) is 10.3. The maximum Gasteiger partial charge on any atom is 0.0459 e. The summed E-state index contributed by atoms with van der Waals surface area (Å²) in [5, 5.41) is 12.7. The van der Waals surface area contributed by atoms with Crippen molar-refractivity contribution in [3.63, 3.8) is 0 Å². The highest BCUT2D eigenvalue weighted by Gasteiger charge is 2.20. The number of aliphatic hydroxyl groups is 1. The van der Waals surface area contributed by atoms with E-state index < -0.39 is 0 Å². The minimum absolute atomic E-state index is 0.388. The molecular weight excluding hydrogens is 186 g/mol. The maximum atomic E-state index is 9.05. The van der Waals surface area contributed by atoms with Crippen molar-refractivity contribution in [3.05, 3.63) is 0 Å². The molecule has 0 unspecified atom stereocenters. The van der Waals surface area contributed by atoms with Crippen molar-refractivity contribution in [2.24, 2.45) is 11.8 Å². The molecule has 15 heavy (non-hydrogen) atoms. The van der Waals surface area contributed by atoms with E-state index in [1.807, 2.05) is 0 Å². The molecule has 1 aliphatic rings. The summed E-state index contributed by atoms with van der Waals surface area (Å²) in [6, 6.07) is 0.716. The summed E-state index contributed by atoms with van der Waals surface area (Å²) in [7, 11) is 0. The lowest BCUT2D eigenvalue weighted by Gasteiger charge is -2.29. The molecule has 2 N–H and O–H groups in total. The predicted molar refractivity (Wildman–Crippen MR) is 64.9 cm³/mol. The first-order chi connectivity index (χ1) is 7.30. The van der Waals surface area contributed by atoms with E-state index in [0.29, 0.717) is 18.6 Å². The Labute approximate surface area is 94.5 Å². The van der Waals surface area contributed by atoms with Crippen LogP contribution < -0.4 is 5.32 Å². The third-order valence-corrected chi connectivity index (χ3v) is 3.95. The maximum absolute atomic E-state index is 9.05. The molecule has 0 amide bonds. The van der Waals surface area contributed by atoms with Crippen LogP contribution in [0.5, 0.6) is 0 Å². The second kappa shape index (κ2) is 7.24. The van der Waals surface area contributed by atoms with Crippen molar-refractivity contribution in [1.29, 1.82) is 0 Å². The Hall–Kier alpha value is -0.0800. The Morgan fingerprint density at radius 2 is 1.73 bits per heavy atom. The lowest BCUT2D eigenvalue weighted by molar-refractivity contribution is 0.173. The van der Waals surface area contributed by atoms with E-state index in [2.05, 4.69) is 19.2 Å². The Morgan fingerprint density at radius 3 is 2.20 bits per heavy atom. The van der Waals surface area contributed by atoms with Crippen LogP contribution in [0.2, 0.25) is 0 Å². The van der Waals surface area contributed by atoms with Crippen molar-refractivity contribution >= 4 is 0 Å². The van der Waals surface area contributed by atoms with Crippen LogP contribution in [0.15, 0.2) is 0 Å². The molecule has 0 atom stereocenters. The summed E-state index contributed by atoms with van der Waals surface area (Å²) in [5.74, 6) is 1.43. The van der Waals surface area contributed by atoms with Gasteiger partial charge < -0.3 is 10.4 Å². The molecule has 0 aromatic heterocycles. The second-order valence-corrected chi connectivity index (χ2v) is 4.99. The number of rotatable bonds is 6. The molecular formula is C13H27NO. The molecule has 0 heterocycles. The molecule has 1 saturated carbocycles. The van der Waals surface area contributed by atoms with E-state index in [4.69, 9.17) is 5.11 Å². The molecule has 90 valence electrons. The molecule has 0 radical (unpaired) electrons. The zero-order valence-corrected chi connectivity index (χ0v) is 10.3. The van der Waals surface area contributed by atoms with Crippen LogP contribution in [0.3, 0.4) is 0 Å². The summed E-state index contributed by atoms with van der Waals surface area (Å²) in [6.45, 7) is 6.12. The van der Waals surface area contributed by atoms with Gasteiger partial charge in [-0.05, 0) is 44.1 Å². The molecule has 1 rings (SSSR count). The summed E-state index contributed by atoms with van der Waals surface area (Å²) in [5.41, 5.74) is 0. The van der Waals surface area contributed by atoms with Crippen LogP contribution >= 0.6 is 0 Å². The minimum Gasteiger partial charge on any atom is -0.396 e. The highest BCUT2D eigenvalue weighted by atomic mass is 16.3. The first kappa shape index (κ1) is 13.0. The average molecular weight is 213 g/mol. The lowest BCUT2D eigenvalue weighted by atomic mass is 9.86. The number of aliphatic hydroxyl groups excluding tert-OH is 1. The van der Waals surface area contributed by atoms with Gasteiger partial charge >= 0.3 is 0 Å². The summed E-state index contributed by atoms with van der Waals surface area (Å²) < 4.78 is 0. The molecule has 0 bridgehead atoms. The van der Waals surface area contributed by atoms with Gasteiger partial charge in [0.05, 0.1) is 0 Å². The largest absolute Gasteiger partial charge is 0.396 e. The van der Waals surface area contributed by atoms with Gasteiger partial charge in [-0.1, -0.05) is 26.7 Å². The van der Waals surface area contributed by atoms with E-state index in [0.717, 1.165) is 5.92 Å². The van der Waals surface area contributed by atoms with E-state index in [1.165, 1.54) is 45.1 Å². The Balaban J connectivity index is 2.12. The van der Waals surface area contributed by atoms with Crippen LogP contribution in [-0.2, 0) is 0 Å². The monoisotopic (exact) mass is 213 g/mol. The molecule has 1 aliphatic carbocycles. The zero-order chi connectivity index (χ0) is 11.1. The molecule has 1 fully saturated rings. The molecule has 0 aromatic rings. The van der Waals surface area contributed by atoms with Gasteiger partial charge in [0.2, 0.25) is 0 Å². The molecule has 0 aromatic carbocycles. The van der Waals surface area contributed by atoms with Gasteiger partial charge in [-0.3, -0.25) is 0 Å². The van der Waals surface area contributed by atoms with Crippen LogP contribution in [0.25, 0.3) is 0 Å². The molecule has 0 spiro atoms. The van der Waals surface area contributed by atoms with Crippen LogP contribution in [0.4, 0.5) is 0 Å². The highest BCUT2D eigenvalue weighted by molar-refractivity contribution is 4.77. The van der Waals surface area contributed by atoms with Crippen LogP contribution in [0.1, 0.15) is 52.4 Å². The standard InChI is InChI=1S/C13H27NO/c1-3-11(4-2)9-14-13-7-5-12(10-15)6-8-13/h11-15H,3-10H2,1-2H3. The fourth-order valence-corrected chi connectivity index (χ4v) is 2.46. The molecule has 2 heteroatoms. The fraction of sp³-hybridized carbons (Fsp3) is 1.00. The quantitative estimate of drug-likeness (QED) is 0.711. The first-order valence-corrected chi connectivity index (χ1v) is 6.64. The summed E-state index contributed by atoms with van der Waals surface area (Å²) >= 11 is 0. The third kappa shape index (κ3) is 4.52. The van der Waals surface area contributed by atoms with Gasteiger partial charge in [-0.15, -0.1) is 0 Å².